The predicted molar refractivity (Wildman–Crippen MR) is 82.6 cm³/mol. The Kier molecular flexibility index (Phi) is 3.75. The summed E-state index contributed by atoms with van der Waals surface area (Å²) < 4.78 is 10.6. The van der Waals surface area contributed by atoms with Crippen LogP contribution < -0.4 is 0 Å². The molecule has 0 aliphatic rings. The normalized spacial score (nSPS) is 16.7. The summed E-state index contributed by atoms with van der Waals surface area (Å²) in [5, 5.41) is 0. The van der Waals surface area contributed by atoms with Gasteiger partial charge in [0.2, 0.25) is 0 Å². The summed E-state index contributed by atoms with van der Waals surface area (Å²) in [6, 6.07) is 17.4. The summed E-state index contributed by atoms with van der Waals surface area (Å²) in [4.78, 5) is 1.56. The van der Waals surface area contributed by atoms with Gasteiger partial charge < -0.3 is 4.55 Å². The van der Waals surface area contributed by atoms with Gasteiger partial charge in [0.05, 0.1) is 0 Å². The molecule has 2 radical (unpaired) electrons. The molecule has 0 saturated carbocycles. The highest BCUT2D eigenvalue weighted by molar-refractivity contribution is 8.30. The van der Waals surface area contributed by atoms with Gasteiger partial charge in [0.1, 0.15) is 0 Å². The number of benzene rings is 2. The molecule has 0 saturated heterocycles. The van der Waals surface area contributed by atoms with E-state index in [9.17, 15) is 4.55 Å². The van der Waals surface area contributed by atoms with Crippen molar-refractivity contribution in [3.05, 3.63) is 66.4 Å². The molecule has 1 N–H and O–H groups in total. The molecule has 0 aliphatic carbocycles. The summed E-state index contributed by atoms with van der Waals surface area (Å²) in [5.41, 5.74) is 1.34. The standard InChI is InChI=1S/C17H20OS/c1-17(2,3)14-10-12-16(13-11-14)19(4,18)15-8-6-5-7-9-15/h4-13,18H,1-3H3. The first-order chi connectivity index (χ1) is 8.82. The SMILES string of the molecule is [CH]S(O)(c1ccccc1)c1ccc(C(C)(C)C)cc1. The van der Waals surface area contributed by atoms with Crippen molar-refractivity contribution in [1.29, 1.82) is 0 Å². The third-order valence-electron chi connectivity index (χ3n) is 3.18. The Morgan fingerprint density at radius 3 is 1.79 bits per heavy atom. The lowest BCUT2D eigenvalue weighted by Gasteiger charge is -2.30. The first-order valence-corrected chi connectivity index (χ1v) is 7.96. The Labute approximate surface area is 117 Å². The Morgan fingerprint density at radius 2 is 1.32 bits per heavy atom. The molecule has 1 nitrogen and oxygen atoms in total. The molecule has 2 aromatic carbocycles. The van der Waals surface area contributed by atoms with E-state index in [4.69, 9.17) is 6.26 Å². The lowest BCUT2D eigenvalue weighted by Crippen LogP contribution is -2.10. The maximum Gasteiger partial charge on any atom is 0.0470 e. The average Bonchev–Trinajstić information content (AvgIpc) is 2.39. The van der Waals surface area contributed by atoms with Gasteiger partial charge in [0.15, 0.2) is 0 Å². The van der Waals surface area contributed by atoms with Crippen molar-refractivity contribution >= 4 is 10.3 Å². The number of hydrogen-bond donors (Lipinski definition) is 1. The monoisotopic (exact) mass is 272 g/mol. The Balaban J connectivity index is 2.37. The van der Waals surface area contributed by atoms with Crippen molar-refractivity contribution in [2.24, 2.45) is 0 Å². The van der Waals surface area contributed by atoms with E-state index in [1.54, 1.807) is 0 Å². The summed E-state index contributed by atoms with van der Waals surface area (Å²) in [7, 11) is -2.40. The van der Waals surface area contributed by atoms with Crippen molar-refractivity contribution in [3.63, 3.8) is 0 Å². The minimum absolute atomic E-state index is 0.104. The van der Waals surface area contributed by atoms with E-state index in [-0.39, 0.29) is 5.41 Å². The molecule has 0 spiro atoms. The Hall–Kier alpha value is -1.25. The molecule has 0 aromatic heterocycles. The van der Waals surface area contributed by atoms with Gasteiger partial charge in [0.25, 0.3) is 0 Å². The molecule has 0 aliphatic heterocycles. The van der Waals surface area contributed by atoms with Crippen LogP contribution in [-0.2, 0) is 5.41 Å². The van der Waals surface area contributed by atoms with Crippen LogP contribution in [0.15, 0.2) is 64.4 Å². The average molecular weight is 272 g/mol. The first-order valence-electron chi connectivity index (χ1n) is 6.31. The second kappa shape index (κ2) is 5.03. The fraction of sp³-hybridized carbons (Fsp3) is 0.235. The van der Waals surface area contributed by atoms with Crippen LogP contribution in [0.1, 0.15) is 26.3 Å². The smallest absolute Gasteiger partial charge is 0.0470 e. The fourth-order valence-corrected chi connectivity index (χ4v) is 3.32. The lowest BCUT2D eigenvalue weighted by atomic mass is 9.87. The summed E-state index contributed by atoms with van der Waals surface area (Å²) in [5.74, 6) is 0. The molecule has 2 rings (SSSR count). The van der Waals surface area contributed by atoms with E-state index in [0.717, 1.165) is 9.79 Å². The Bertz CT molecular complexity index is 536. The van der Waals surface area contributed by atoms with Crippen molar-refractivity contribution < 1.29 is 4.55 Å². The zero-order valence-electron chi connectivity index (χ0n) is 11.6. The second-order valence-corrected chi connectivity index (χ2v) is 7.91. The van der Waals surface area contributed by atoms with Crippen LogP contribution in [0.3, 0.4) is 0 Å². The highest BCUT2D eigenvalue weighted by Crippen LogP contribution is 2.57. The topological polar surface area (TPSA) is 20.2 Å². The zero-order valence-corrected chi connectivity index (χ0v) is 12.4. The molecule has 0 heterocycles. The van der Waals surface area contributed by atoms with Crippen LogP contribution in [0.4, 0.5) is 0 Å². The maximum atomic E-state index is 10.6. The van der Waals surface area contributed by atoms with Crippen molar-refractivity contribution in [2.75, 3.05) is 0 Å². The van der Waals surface area contributed by atoms with Crippen LogP contribution in [0.25, 0.3) is 0 Å². The molecule has 2 heteroatoms. The molecule has 19 heavy (non-hydrogen) atoms. The second-order valence-electron chi connectivity index (χ2n) is 5.71. The van der Waals surface area contributed by atoms with Gasteiger partial charge in [-0.15, -0.1) is 0 Å². The highest BCUT2D eigenvalue weighted by atomic mass is 32.3. The van der Waals surface area contributed by atoms with E-state index in [2.05, 4.69) is 20.8 Å². The molecule has 0 fully saturated rings. The summed E-state index contributed by atoms with van der Waals surface area (Å²) in [6.07, 6.45) is 6.16. The first kappa shape index (κ1) is 14.2. The number of rotatable bonds is 2. The van der Waals surface area contributed by atoms with Gasteiger partial charge in [0, 0.05) is 16.0 Å². The van der Waals surface area contributed by atoms with Crippen molar-refractivity contribution in [3.8, 4) is 0 Å². The van der Waals surface area contributed by atoms with Gasteiger partial charge in [-0.3, -0.25) is 0 Å². The molecule has 2 aromatic rings. The van der Waals surface area contributed by atoms with Crippen LogP contribution in [-0.4, -0.2) is 4.55 Å². The van der Waals surface area contributed by atoms with Crippen molar-refractivity contribution in [1.82, 2.24) is 0 Å². The fourth-order valence-electron chi connectivity index (χ4n) is 1.93. The molecule has 0 bridgehead atoms. The van der Waals surface area contributed by atoms with Crippen LogP contribution in [0.5, 0.6) is 0 Å². The molecule has 1 unspecified atom stereocenters. The lowest BCUT2D eigenvalue weighted by molar-refractivity contribution is 0.589. The molecule has 1 atom stereocenters. The minimum Gasteiger partial charge on any atom is -0.343 e. The van der Waals surface area contributed by atoms with E-state index >= 15 is 0 Å². The molecular formula is C17H20OS. The Morgan fingerprint density at radius 1 is 0.842 bits per heavy atom. The number of hydrogen-bond acceptors (Lipinski definition) is 1. The highest BCUT2D eigenvalue weighted by Gasteiger charge is 2.21. The largest absolute Gasteiger partial charge is 0.343 e. The summed E-state index contributed by atoms with van der Waals surface area (Å²) >= 11 is 0. The zero-order chi connectivity index (χ0) is 14.1. The van der Waals surface area contributed by atoms with Crippen LogP contribution in [0, 0.1) is 6.26 Å². The van der Waals surface area contributed by atoms with Crippen LogP contribution in [0.2, 0.25) is 0 Å². The van der Waals surface area contributed by atoms with Gasteiger partial charge in [-0.05, 0) is 35.2 Å². The van der Waals surface area contributed by atoms with E-state index in [1.165, 1.54) is 5.56 Å². The summed E-state index contributed by atoms with van der Waals surface area (Å²) in [6.45, 7) is 6.50. The van der Waals surface area contributed by atoms with Gasteiger partial charge in [-0.25, -0.2) is 0 Å². The minimum atomic E-state index is -2.40. The maximum absolute atomic E-state index is 10.6. The van der Waals surface area contributed by atoms with Gasteiger partial charge in [-0.2, -0.15) is 0 Å². The third kappa shape index (κ3) is 3.02. The van der Waals surface area contributed by atoms with Gasteiger partial charge >= 0.3 is 0 Å². The molecule has 0 amide bonds. The predicted octanol–water partition coefficient (Wildman–Crippen LogP) is 5.35. The molecule has 100 valence electrons. The van der Waals surface area contributed by atoms with E-state index in [0.29, 0.717) is 0 Å². The quantitative estimate of drug-likeness (QED) is 0.781. The van der Waals surface area contributed by atoms with Crippen molar-refractivity contribution in [2.45, 2.75) is 36.0 Å². The third-order valence-corrected chi connectivity index (χ3v) is 5.16. The van der Waals surface area contributed by atoms with E-state index in [1.807, 2.05) is 54.6 Å². The van der Waals surface area contributed by atoms with E-state index < -0.39 is 10.3 Å². The van der Waals surface area contributed by atoms with Gasteiger partial charge in [-0.1, -0.05) is 61.4 Å². The van der Waals surface area contributed by atoms with Crippen LogP contribution >= 0.6 is 10.3 Å². The molecular weight excluding hydrogens is 252 g/mol.